The van der Waals surface area contributed by atoms with Crippen molar-refractivity contribution in [3.63, 3.8) is 0 Å². The number of hydrogen-bond acceptors (Lipinski definition) is 3. The highest BCUT2D eigenvalue weighted by atomic mass is 79.9. The third-order valence-electron chi connectivity index (χ3n) is 3.33. The topological polar surface area (TPSA) is 54.6 Å². The van der Waals surface area contributed by atoms with E-state index in [0.29, 0.717) is 17.0 Å². The Morgan fingerprint density at radius 3 is 2.57 bits per heavy atom. The highest BCUT2D eigenvalue weighted by molar-refractivity contribution is 9.10. The monoisotopic (exact) mass is 364 g/mol. The number of nitrogens with zero attached hydrogens (tertiary/aromatic N) is 2. The smallest absolute Gasteiger partial charge is 0.222 e. The molecule has 1 N–H and O–H groups in total. The normalized spacial score (nSPS) is 11.0. The van der Waals surface area contributed by atoms with Crippen molar-refractivity contribution in [3.05, 3.63) is 62.4 Å². The quantitative estimate of drug-likeness (QED) is 0.648. The van der Waals surface area contributed by atoms with Crippen molar-refractivity contribution in [1.29, 1.82) is 0 Å². The Kier molecular flexibility index (Phi) is 3.69. The van der Waals surface area contributed by atoms with E-state index in [4.69, 9.17) is 11.6 Å². The van der Waals surface area contributed by atoms with Crippen LogP contribution in [0, 0.1) is 4.91 Å². The first-order chi connectivity index (χ1) is 10.1. The number of benzene rings is 2. The Labute approximate surface area is 134 Å². The molecule has 0 amide bonds. The lowest BCUT2D eigenvalue weighted by Gasteiger charge is -2.07. The van der Waals surface area contributed by atoms with Crippen molar-refractivity contribution >= 4 is 44.1 Å². The van der Waals surface area contributed by atoms with E-state index in [1.165, 1.54) is 0 Å². The number of fused-ring (bicyclic) bond motifs is 1. The van der Waals surface area contributed by atoms with Gasteiger partial charge in [-0.25, -0.2) is 0 Å². The first-order valence-electron chi connectivity index (χ1n) is 6.19. The second kappa shape index (κ2) is 5.50. The zero-order valence-electron chi connectivity index (χ0n) is 10.8. The molecule has 0 saturated heterocycles. The van der Waals surface area contributed by atoms with Gasteiger partial charge in [0.2, 0.25) is 5.88 Å². The minimum absolute atomic E-state index is 0.0476. The largest absolute Gasteiger partial charge is 0.493 e. The first-order valence-corrected chi connectivity index (χ1v) is 7.36. The molecule has 0 atom stereocenters. The van der Waals surface area contributed by atoms with Gasteiger partial charge < -0.3 is 9.67 Å². The van der Waals surface area contributed by atoms with Gasteiger partial charge >= 0.3 is 0 Å². The molecule has 0 unspecified atom stereocenters. The highest BCUT2D eigenvalue weighted by Gasteiger charge is 2.19. The summed E-state index contributed by atoms with van der Waals surface area (Å²) in [7, 11) is 0. The van der Waals surface area contributed by atoms with E-state index in [-0.39, 0.29) is 11.6 Å². The molecule has 0 radical (unpaired) electrons. The molecule has 21 heavy (non-hydrogen) atoms. The SMILES string of the molecule is O=Nc1c(O)n(Cc2ccc(Cl)cc2)c2cccc(Br)c12. The average molecular weight is 366 g/mol. The van der Waals surface area contributed by atoms with Gasteiger partial charge in [0.25, 0.3) is 0 Å². The summed E-state index contributed by atoms with van der Waals surface area (Å²) in [5, 5.41) is 14.5. The summed E-state index contributed by atoms with van der Waals surface area (Å²) in [6, 6.07) is 12.8. The fraction of sp³-hybridized carbons (Fsp3) is 0.0667. The van der Waals surface area contributed by atoms with Gasteiger partial charge in [-0.15, -0.1) is 4.91 Å². The van der Waals surface area contributed by atoms with Gasteiger partial charge in [0.15, 0.2) is 5.69 Å². The van der Waals surface area contributed by atoms with Crippen molar-refractivity contribution < 1.29 is 5.11 Å². The third-order valence-corrected chi connectivity index (χ3v) is 4.24. The van der Waals surface area contributed by atoms with Crippen LogP contribution in [-0.4, -0.2) is 9.67 Å². The van der Waals surface area contributed by atoms with Crippen molar-refractivity contribution in [2.24, 2.45) is 5.18 Å². The molecular formula is C15H10BrClN2O2. The molecule has 2 aromatic carbocycles. The Bertz CT molecular complexity index is 828. The van der Waals surface area contributed by atoms with Crippen molar-refractivity contribution in [1.82, 2.24) is 4.57 Å². The van der Waals surface area contributed by atoms with Gasteiger partial charge in [-0.2, -0.15) is 0 Å². The molecule has 3 aromatic rings. The fourth-order valence-corrected chi connectivity index (χ4v) is 3.01. The van der Waals surface area contributed by atoms with E-state index < -0.39 is 0 Å². The molecule has 0 fully saturated rings. The predicted octanol–water partition coefficient (Wildman–Crippen LogP) is 5.21. The Morgan fingerprint density at radius 1 is 1.19 bits per heavy atom. The zero-order valence-corrected chi connectivity index (χ0v) is 13.1. The number of hydrogen-bond donors (Lipinski definition) is 1. The predicted molar refractivity (Wildman–Crippen MR) is 87.3 cm³/mol. The zero-order chi connectivity index (χ0) is 15.0. The second-order valence-corrected chi connectivity index (χ2v) is 5.90. The minimum Gasteiger partial charge on any atom is -0.493 e. The van der Waals surface area contributed by atoms with Gasteiger partial charge in [-0.05, 0) is 35.0 Å². The summed E-state index contributed by atoms with van der Waals surface area (Å²) < 4.78 is 2.37. The van der Waals surface area contributed by atoms with Crippen LogP contribution in [0.1, 0.15) is 5.56 Å². The van der Waals surface area contributed by atoms with Gasteiger partial charge in [-0.1, -0.05) is 45.7 Å². The van der Waals surface area contributed by atoms with Crippen LogP contribution in [0.2, 0.25) is 5.02 Å². The van der Waals surface area contributed by atoms with Crippen molar-refractivity contribution in [3.8, 4) is 5.88 Å². The summed E-state index contributed by atoms with van der Waals surface area (Å²) in [6.07, 6.45) is 0. The van der Waals surface area contributed by atoms with Crippen LogP contribution in [0.15, 0.2) is 52.1 Å². The van der Waals surface area contributed by atoms with Crippen LogP contribution in [-0.2, 0) is 6.54 Å². The molecule has 0 aliphatic heterocycles. The van der Waals surface area contributed by atoms with Crippen LogP contribution >= 0.6 is 27.5 Å². The fourth-order valence-electron chi connectivity index (χ4n) is 2.34. The van der Waals surface area contributed by atoms with Crippen LogP contribution in [0.5, 0.6) is 5.88 Å². The number of aromatic nitrogens is 1. The molecule has 0 spiro atoms. The molecule has 1 aromatic heterocycles. The molecule has 0 bridgehead atoms. The van der Waals surface area contributed by atoms with Crippen LogP contribution in [0.3, 0.4) is 0 Å². The molecular weight excluding hydrogens is 356 g/mol. The van der Waals surface area contributed by atoms with Gasteiger partial charge in [0, 0.05) is 14.9 Å². The van der Waals surface area contributed by atoms with Crippen molar-refractivity contribution in [2.45, 2.75) is 6.54 Å². The Hall–Kier alpha value is -1.85. The Morgan fingerprint density at radius 2 is 1.90 bits per heavy atom. The molecule has 6 heteroatoms. The highest BCUT2D eigenvalue weighted by Crippen LogP contribution is 2.42. The molecule has 0 aliphatic carbocycles. The molecule has 1 heterocycles. The standard InChI is InChI=1S/C15H10BrClN2O2/c16-11-2-1-3-12-13(11)14(18-21)15(20)19(12)8-9-4-6-10(17)7-5-9/h1-7,20H,8H2. The van der Waals surface area contributed by atoms with Crippen LogP contribution < -0.4 is 0 Å². The Balaban J connectivity index is 2.18. The van der Waals surface area contributed by atoms with E-state index in [2.05, 4.69) is 21.1 Å². The molecule has 4 nitrogen and oxygen atoms in total. The summed E-state index contributed by atoms with van der Waals surface area (Å²) in [6.45, 7) is 0.422. The van der Waals surface area contributed by atoms with Gasteiger partial charge in [0.05, 0.1) is 12.1 Å². The number of rotatable bonds is 3. The first kappa shape index (κ1) is 14.1. The van der Waals surface area contributed by atoms with Crippen LogP contribution in [0.4, 0.5) is 5.69 Å². The molecule has 0 aliphatic rings. The van der Waals surface area contributed by atoms with E-state index in [9.17, 15) is 10.0 Å². The minimum atomic E-state index is -0.137. The number of aromatic hydroxyl groups is 1. The van der Waals surface area contributed by atoms with E-state index >= 15 is 0 Å². The van der Waals surface area contributed by atoms with Crippen LogP contribution in [0.25, 0.3) is 10.9 Å². The lowest BCUT2D eigenvalue weighted by Crippen LogP contribution is -1.98. The van der Waals surface area contributed by atoms with E-state index in [1.54, 1.807) is 16.7 Å². The maximum absolute atomic E-state index is 11.0. The second-order valence-electron chi connectivity index (χ2n) is 4.61. The molecule has 106 valence electrons. The van der Waals surface area contributed by atoms with E-state index in [0.717, 1.165) is 15.6 Å². The summed E-state index contributed by atoms with van der Waals surface area (Å²) in [4.78, 5) is 11.0. The maximum Gasteiger partial charge on any atom is 0.222 e. The maximum atomic E-state index is 11.0. The lowest BCUT2D eigenvalue weighted by molar-refractivity contribution is 0.430. The summed E-state index contributed by atoms with van der Waals surface area (Å²) in [5.74, 6) is -0.137. The lowest BCUT2D eigenvalue weighted by atomic mass is 10.2. The number of nitroso groups, excluding NO2 is 1. The number of halogens is 2. The van der Waals surface area contributed by atoms with E-state index in [1.807, 2.05) is 30.3 Å². The molecule has 3 rings (SSSR count). The summed E-state index contributed by atoms with van der Waals surface area (Å²) in [5.41, 5.74) is 1.75. The summed E-state index contributed by atoms with van der Waals surface area (Å²) >= 11 is 9.26. The molecule has 0 saturated carbocycles. The van der Waals surface area contributed by atoms with Gasteiger partial charge in [0.1, 0.15) is 0 Å². The van der Waals surface area contributed by atoms with Gasteiger partial charge in [-0.3, -0.25) is 0 Å². The third kappa shape index (κ3) is 2.43. The average Bonchev–Trinajstić information content (AvgIpc) is 2.75. The van der Waals surface area contributed by atoms with Crippen molar-refractivity contribution in [2.75, 3.05) is 0 Å².